The number of amides is 1. The molecule has 1 aromatic heterocycles. The van der Waals surface area contributed by atoms with Gasteiger partial charge in [-0.05, 0) is 49.5 Å². The number of carbonyl (C=O) groups is 1. The maximum Gasteiger partial charge on any atom is 0.407 e. The predicted molar refractivity (Wildman–Crippen MR) is 95.1 cm³/mol. The number of anilines is 1. The van der Waals surface area contributed by atoms with E-state index in [-0.39, 0.29) is 12.1 Å². The van der Waals surface area contributed by atoms with Gasteiger partial charge in [0.2, 0.25) is 5.95 Å². The maximum absolute atomic E-state index is 11.9. The van der Waals surface area contributed by atoms with Crippen LogP contribution in [0.3, 0.4) is 0 Å². The first kappa shape index (κ1) is 18.9. The maximum atomic E-state index is 11.9. The fraction of sp³-hybridized carbons (Fsp3) is 0.688. The fourth-order valence-corrected chi connectivity index (χ4v) is 2.86. The first-order chi connectivity index (χ1) is 11.3. The Morgan fingerprint density at radius 2 is 2.08 bits per heavy atom. The minimum absolute atomic E-state index is 0.0531. The van der Waals surface area contributed by atoms with E-state index in [1.165, 1.54) is 0 Å². The molecule has 0 bridgehead atoms. The van der Waals surface area contributed by atoms with Crippen molar-refractivity contribution in [3.05, 3.63) is 16.9 Å². The lowest BCUT2D eigenvalue weighted by Gasteiger charge is -2.39. The van der Waals surface area contributed by atoms with Crippen LogP contribution >= 0.6 is 15.9 Å². The molecule has 1 aliphatic heterocycles. The first-order valence-electron chi connectivity index (χ1n) is 8.02. The average Bonchev–Trinajstić information content (AvgIpc) is 2.52. The molecule has 24 heavy (non-hydrogen) atoms. The molecule has 8 heteroatoms. The number of aromatic nitrogens is 2. The van der Waals surface area contributed by atoms with E-state index in [2.05, 4.69) is 36.1 Å². The average molecular weight is 401 g/mol. The summed E-state index contributed by atoms with van der Waals surface area (Å²) in [5.74, 6) is 0.656. The van der Waals surface area contributed by atoms with Gasteiger partial charge in [-0.15, -0.1) is 0 Å². The van der Waals surface area contributed by atoms with E-state index in [1.54, 1.807) is 19.5 Å². The number of hydrogen-bond donors (Lipinski definition) is 1. The monoisotopic (exact) mass is 400 g/mol. The van der Waals surface area contributed by atoms with Crippen LogP contribution in [0.4, 0.5) is 10.7 Å². The van der Waals surface area contributed by atoms with Crippen LogP contribution in [-0.4, -0.2) is 54.0 Å². The molecule has 1 amide bonds. The number of carbonyl (C=O) groups excluding carboxylic acids is 1. The Labute approximate surface area is 151 Å². The molecule has 1 saturated heterocycles. The van der Waals surface area contributed by atoms with Crippen LogP contribution in [0.1, 0.15) is 33.6 Å². The topological polar surface area (TPSA) is 76.6 Å². The van der Waals surface area contributed by atoms with Crippen LogP contribution in [0, 0.1) is 0 Å². The van der Waals surface area contributed by atoms with Gasteiger partial charge in [0.1, 0.15) is 5.60 Å². The van der Waals surface area contributed by atoms with Gasteiger partial charge in [-0.2, -0.15) is 0 Å². The van der Waals surface area contributed by atoms with Gasteiger partial charge in [-0.25, -0.2) is 14.8 Å². The quantitative estimate of drug-likeness (QED) is 0.836. The van der Waals surface area contributed by atoms with Crippen LogP contribution in [0.15, 0.2) is 16.9 Å². The van der Waals surface area contributed by atoms with Crippen LogP contribution in [0.25, 0.3) is 0 Å². The van der Waals surface area contributed by atoms with Crippen molar-refractivity contribution in [2.45, 2.75) is 51.4 Å². The SMILES string of the molecule is CO[C@H]1CCN(c2ncc(Br)cn2)[C@@H](CNC(=O)OC(C)(C)C)C1. The number of nitrogens with one attached hydrogen (secondary N) is 1. The van der Waals surface area contributed by atoms with Crippen molar-refractivity contribution in [2.75, 3.05) is 25.1 Å². The summed E-state index contributed by atoms with van der Waals surface area (Å²) >= 11 is 3.35. The largest absolute Gasteiger partial charge is 0.444 e. The molecule has 7 nitrogen and oxygen atoms in total. The van der Waals surface area contributed by atoms with E-state index in [0.29, 0.717) is 12.5 Å². The van der Waals surface area contributed by atoms with E-state index < -0.39 is 11.7 Å². The number of halogens is 1. The van der Waals surface area contributed by atoms with Gasteiger partial charge in [0, 0.05) is 32.6 Å². The number of alkyl carbamates (subject to hydrolysis) is 1. The third kappa shape index (κ3) is 5.59. The second kappa shape index (κ2) is 8.11. The van der Waals surface area contributed by atoms with Gasteiger partial charge in [0.05, 0.1) is 16.6 Å². The van der Waals surface area contributed by atoms with Gasteiger partial charge >= 0.3 is 6.09 Å². The molecular formula is C16H25BrN4O3. The smallest absolute Gasteiger partial charge is 0.407 e. The van der Waals surface area contributed by atoms with E-state index in [9.17, 15) is 4.79 Å². The lowest BCUT2D eigenvalue weighted by molar-refractivity contribution is 0.0491. The molecule has 2 rings (SSSR count). The van der Waals surface area contributed by atoms with Crippen molar-refractivity contribution in [1.29, 1.82) is 0 Å². The Morgan fingerprint density at radius 3 is 2.67 bits per heavy atom. The standard InChI is InChI=1S/C16H25BrN4O3/c1-16(2,3)24-15(22)20-10-12-7-13(23-4)5-6-21(12)14-18-8-11(17)9-19-14/h8-9,12-13H,5-7,10H2,1-4H3,(H,20,22)/t12-,13+/m1/s1. The molecule has 0 radical (unpaired) electrons. The molecule has 2 atom stereocenters. The second-order valence-electron chi connectivity index (χ2n) is 6.81. The van der Waals surface area contributed by atoms with Crippen molar-refractivity contribution >= 4 is 28.0 Å². The lowest BCUT2D eigenvalue weighted by atomic mass is 9.99. The van der Waals surface area contributed by atoms with Crippen molar-refractivity contribution in [2.24, 2.45) is 0 Å². The number of hydrogen-bond acceptors (Lipinski definition) is 6. The molecule has 0 spiro atoms. The molecule has 1 N–H and O–H groups in total. The highest BCUT2D eigenvalue weighted by Gasteiger charge is 2.30. The number of ether oxygens (including phenoxy) is 2. The third-order valence-corrected chi connectivity index (χ3v) is 4.16. The Balaban J connectivity index is 2.03. The van der Waals surface area contributed by atoms with Crippen molar-refractivity contribution < 1.29 is 14.3 Å². The Bertz CT molecular complexity index is 547. The zero-order valence-corrected chi connectivity index (χ0v) is 16.2. The van der Waals surface area contributed by atoms with Gasteiger partial charge in [-0.3, -0.25) is 0 Å². The van der Waals surface area contributed by atoms with Crippen LogP contribution in [0.2, 0.25) is 0 Å². The second-order valence-corrected chi connectivity index (χ2v) is 7.73. The molecule has 0 saturated carbocycles. The summed E-state index contributed by atoms with van der Waals surface area (Å²) in [5.41, 5.74) is -0.514. The molecule has 134 valence electrons. The Morgan fingerprint density at radius 1 is 1.42 bits per heavy atom. The summed E-state index contributed by atoms with van der Waals surface area (Å²) < 4.78 is 11.6. The molecule has 0 unspecified atom stereocenters. The van der Waals surface area contributed by atoms with Crippen molar-refractivity contribution in [1.82, 2.24) is 15.3 Å². The number of methoxy groups -OCH3 is 1. The molecule has 1 fully saturated rings. The molecule has 1 aliphatic rings. The highest BCUT2D eigenvalue weighted by atomic mass is 79.9. The normalized spacial score (nSPS) is 21.5. The molecule has 0 aliphatic carbocycles. The predicted octanol–water partition coefficient (Wildman–Crippen LogP) is 2.75. The van der Waals surface area contributed by atoms with E-state index in [0.717, 1.165) is 23.9 Å². The molecular weight excluding hydrogens is 376 g/mol. The minimum Gasteiger partial charge on any atom is -0.444 e. The van der Waals surface area contributed by atoms with Crippen molar-refractivity contribution in [3.63, 3.8) is 0 Å². The van der Waals surface area contributed by atoms with Gasteiger partial charge in [0.25, 0.3) is 0 Å². The summed E-state index contributed by atoms with van der Waals surface area (Å²) in [7, 11) is 1.72. The lowest BCUT2D eigenvalue weighted by Crippen LogP contribution is -2.51. The van der Waals surface area contributed by atoms with Crippen molar-refractivity contribution in [3.8, 4) is 0 Å². The molecule has 0 aromatic carbocycles. The zero-order valence-electron chi connectivity index (χ0n) is 14.6. The van der Waals surface area contributed by atoms with Crippen LogP contribution < -0.4 is 10.2 Å². The number of rotatable bonds is 4. The summed E-state index contributed by atoms with van der Waals surface area (Å²) in [4.78, 5) is 22.8. The van der Waals surface area contributed by atoms with E-state index >= 15 is 0 Å². The molecule has 1 aromatic rings. The summed E-state index contributed by atoms with van der Waals surface area (Å²) in [5, 5.41) is 2.84. The Kier molecular flexibility index (Phi) is 6.40. The summed E-state index contributed by atoms with van der Waals surface area (Å²) in [6.07, 6.45) is 4.90. The zero-order chi connectivity index (χ0) is 17.7. The van der Waals surface area contributed by atoms with Crippen LogP contribution in [0.5, 0.6) is 0 Å². The van der Waals surface area contributed by atoms with E-state index in [4.69, 9.17) is 9.47 Å². The third-order valence-electron chi connectivity index (χ3n) is 3.75. The van der Waals surface area contributed by atoms with Crippen LogP contribution in [-0.2, 0) is 9.47 Å². The van der Waals surface area contributed by atoms with Gasteiger partial charge < -0.3 is 19.7 Å². The van der Waals surface area contributed by atoms with E-state index in [1.807, 2.05) is 20.8 Å². The van der Waals surface area contributed by atoms with Gasteiger partial charge in [0.15, 0.2) is 0 Å². The number of piperidine rings is 1. The highest BCUT2D eigenvalue weighted by molar-refractivity contribution is 9.10. The Hall–Kier alpha value is -1.41. The fourth-order valence-electron chi connectivity index (χ4n) is 2.65. The first-order valence-corrected chi connectivity index (χ1v) is 8.81. The summed E-state index contributed by atoms with van der Waals surface area (Å²) in [6, 6.07) is 0.0531. The number of nitrogens with zero attached hydrogens (tertiary/aromatic N) is 3. The van der Waals surface area contributed by atoms with Gasteiger partial charge in [-0.1, -0.05) is 0 Å². The minimum atomic E-state index is -0.514. The molecule has 2 heterocycles. The summed E-state index contributed by atoms with van der Waals surface area (Å²) in [6.45, 7) is 6.76. The highest BCUT2D eigenvalue weighted by Crippen LogP contribution is 2.24.